The van der Waals surface area contributed by atoms with E-state index in [2.05, 4.69) is 11.9 Å². The third kappa shape index (κ3) is 3.86. The van der Waals surface area contributed by atoms with E-state index >= 15 is 0 Å². The number of hydrogen-bond donors (Lipinski definition) is 1. The highest BCUT2D eigenvalue weighted by atomic mass is 35.5. The Labute approximate surface area is 175 Å². The molecule has 1 N–H and O–H groups in total. The molecule has 5 nitrogen and oxygen atoms in total. The summed E-state index contributed by atoms with van der Waals surface area (Å²) in [5, 5.41) is 3.06. The van der Waals surface area contributed by atoms with E-state index in [1.54, 1.807) is 60.0 Å². The number of hydrogen-bond acceptors (Lipinski definition) is 3. The molecule has 0 aliphatic heterocycles. The summed E-state index contributed by atoms with van der Waals surface area (Å²) in [6.45, 7) is 7.63. The highest BCUT2D eigenvalue weighted by Crippen LogP contribution is 2.35. The van der Waals surface area contributed by atoms with Gasteiger partial charge in [0.15, 0.2) is 0 Å². The number of anilines is 1. The van der Waals surface area contributed by atoms with Gasteiger partial charge in [-0.1, -0.05) is 48.0 Å². The van der Waals surface area contributed by atoms with Crippen molar-refractivity contribution in [2.75, 3.05) is 5.32 Å². The molecule has 7 heteroatoms. The number of carbonyl (C=O) groups is 1. The highest BCUT2D eigenvalue weighted by Gasteiger charge is 2.30. The first-order chi connectivity index (χ1) is 13.8. The number of sulfone groups is 1. The monoisotopic (exact) mass is 428 g/mol. The highest BCUT2D eigenvalue weighted by molar-refractivity contribution is 7.91. The Morgan fingerprint density at radius 3 is 2.34 bits per heavy atom. The Morgan fingerprint density at radius 2 is 1.72 bits per heavy atom. The fourth-order valence-corrected chi connectivity index (χ4v) is 5.12. The maximum Gasteiger partial charge on any atom is 0.258 e. The largest absolute Gasteiger partial charge is 0.327 e. The number of rotatable bonds is 6. The van der Waals surface area contributed by atoms with Gasteiger partial charge >= 0.3 is 0 Å². The quantitative estimate of drug-likeness (QED) is 0.560. The minimum Gasteiger partial charge on any atom is -0.327 e. The van der Waals surface area contributed by atoms with E-state index < -0.39 is 15.7 Å². The second kappa shape index (κ2) is 8.27. The lowest BCUT2D eigenvalue weighted by atomic mass is 10.2. The van der Waals surface area contributed by atoms with E-state index in [-0.39, 0.29) is 26.2 Å². The third-order valence-corrected chi connectivity index (χ3v) is 7.02. The summed E-state index contributed by atoms with van der Waals surface area (Å²) in [6.07, 6.45) is 1.65. The van der Waals surface area contributed by atoms with Crippen molar-refractivity contribution in [3.63, 3.8) is 0 Å². The minimum absolute atomic E-state index is 0.0726. The Balaban J connectivity index is 2.20. The second-order valence-corrected chi connectivity index (χ2v) is 8.83. The zero-order valence-corrected chi connectivity index (χ0v) is 17.7. The number of amides is 1. The molecule has 0 aliphatic carbocycles. The summed E-state index contributed by atoms with van der Waals surface area (Å²) in [6, 6.07) is 14.8. The van der Waals surface area contributed by atoms with Gasteiger partial charge in [-0.05, 0) is 43.7 Å². The lowest BCUT2D eigenvalue weighted by molar-refractivity contribution is 0.102. The molecule has 0 atom stereocenters. The first kappa shape index (κ1) is 20.9. The average molecular weight is 429 g/mol. The van der Waals surface area contributed by atoms with Gasteiger partial charge in [0, 0.05) is 12.2 Å². The van der Waals surface area contributed by atoms with Crippen LogP contribution in [0.5, 0.6) is 0 Å². The summed E-state index contributed by atoms with van der Waals surface area (Å²) in [5.41, 5.74) is 1.57. The van der Waals surface area contributed by atoms with Crippen LogP contribution in [0.25, 0.3) is 0 Å². The van der Waals surface area contributed by atoms with Crippen LogP contribution in [-0.4, -0.2) is 18.9 Å². The zero-order valence-electron chi connectivity index (χ0n) is 16.1. The summed E-state index contributed by atoms with van der Waals surface area (Å²) in [4.78, 5) is 13.1. The molecule has 0 spiro atoms. The molecule has 3 aromatic rings. The maximum atomic E-state index is 13.4. The van der Waals surface area contributed by atoms with Gasteiger partial charge < -0.3 is 9.88 Å². The van der Waals surface area contributed by atoms with Crippen molar-refractivity contribution in [2.45, 2.75) is 30.2 Å². The molecule has 1 heterocycles. The molecule has 1 amide bonds. The second-order valence-electron chi connectivity index (χ2n) is 6.54. The van der Waals surface area contributed by atoms with Crippen LogP contribution in [0, 0.1) is 13.8 Å². The summed E-state index contributed by atoms with van der Waals surface area (Å²) in [7, 11) is -3.86. The van der Waals surface area contributed by atoms with Gasteiger partial charge in [-0.25, -0.2) is 8.42 Å². The Kier molecular flexibility index (Phi) is 5.96. The molecule has 0 saturated carbocycles. The predicted molar refractivity (Wildman–Crippen MR) is 115 cm³/mol. The van der Waals surface area contributed by atoms with Crippen molar-refractivity contribution in [3.8, 4) is 0 Å². The van der Waals surface area contributed by atoms with Crippen LogP contribution in [-0.2, 0) is 16.4 Å². The average Bonchev–Trinajstić information content (AvgIpc) is 2.94. The van der Waals surface area contributed by atoms with E-state index in [0.29, 0.717) is 12.1 Å². The minimum atomic E-state index is -3.86. The van der Waals surface area contributed by atoms with Crippen LogP contribution in [0.3, 0.4) is 0 Å². The van der Waals surface area contributed by atoms with Crippen molar-refractivity contribution in [1.29, 1.82) is 0 Å². The maximum absolute atomic E-state index is 13.4. The van der Waals surface area contributed by atoms with Crippen LogP contribution in [0.4, 0.5) is 5.82 Å². The van der Waals surface area contributed by atoms with Crippen molar-refractivity contribution in [1.82, 2.24) is 4.57 Å². The fourth-order valence-electron chi connectivity index (χ4n) is 3.18. The van der Waals surface area contributed by atoms with Gasteiger partial charge in [-0.3, -0.25) is 4.79 Å². The summed E-state index contributed by atoms with van der Waals surface area (Å²) in [5.74, 6) is -0.281. The number of nitrogens with zero attached hydrogens (tertiary/aromatic N) is 1. The number of benzene rings is 2. The molecule has 0 radical (unpaired) electrons. The van der Waals surface area contributed by atoms with E-state index in [1.165, 1.54) is 12.1 Å². The van der Waals surface area contributed by atoms with E-state index in [9.17, 15) is 13.2 Å². The molecule has 150 valence electrons. The molecule has 2 aromatic carbocycles. The standard InChI is InChI=1S/C22H21ClN2O3S/c1-4-14-25-16(3)15(2)20(29(27,28)17-10-6-5-7-11-17)21(25)24-22(26)18-12-8-9-13-19(18)23/h4-13H,1,14H2,2-3H3,(H,24,26). The van der Waals surface area contributed by atoms with Gasteiger partial charge in [0.2, 0.25) is 9.84 Å². The van der Waals surface area contributed by atoms with Crippen molar-refractivity contribution >= 4 is 33.2 Å². The van der Waals surface area contributed by atoms with Crippen molar-refractivity contribution in [2.24, 2.45) is 0 Å². The van der Waals surface area contributed by atoms with Gasteiger partial charge in [-0.2, -0.15) is 0 Å². The number of allylic oxidation sites excluding steroid dienone is 1. The number of nitrogens with one attached hydrogen (secondary N) is 1. The van der Waals surface area contributed by atoms with Crippen molar-refractivity contribution < 1.29 is 13.2 Å². The third-order valence-electron chi connectivity index (χ3n) is 4.76. The molecule has 1 aromatic heterocycles. The summed E-state index contributed by atoms with van der Waals surface area (Å²) < 4.78 is 28.6. The molecule has 0 aliphatic rings. The number of carbonyl (C=O) groups excluding carboxylic acids is 1. The normalized spacial score (nSPS) is 11.3. The van der Waals surface area contributed by atoms with E-state index in [4.69, 9.17) is 11.6 Å². The lowest BCUT2D eigenvalue weighted by Gasteiger charge is -2.14. The molecule has 29 heavy (non-hydrogen) atoms. The molecule has 0 bridgehead atoms. The van der Waals surface area contributed by atoms with Crippen molar-refractivity contribution in [3.05, 3.63) is 89.1 Å². The molecule has 3 rings (SSSR count). The van der Waals surface area contributed by atoms with Crippen LogP contribution >= 0.6 is 11.6 Å². The summed E-state index contributed by atoms with van der Waals surface area (Å²) >= 11 is 6.15. The lowest BCUT2D eigenvalue weighted by Crippen LogP contribution is -2.18. The molecule has 0 unspecified atom stereocenters. The first-order valence-corrected chi connectivity index (χ1v) is 10.8. The van der Waals surface area contributed by atoms with E-state index in [0.717, 1.165) is 5.69 Å². The Morgan fingerprint density at radius 1 is 1.10 bits per heavy atom. The number of aromatic nitrogens is 1. The SMILES string of the molecule is C=CCn1c(C)c(C)c(S(=O)(=O)c2ccccc2)c1NC(=O)c1ccccc1Cl. The molecule has 0 fully saturated rings. The fraction of sp³-hybridized carbons (Fsp3) is 0.136. The van der Waals surface area contributed by atoms with Gasteiger partial charge in [0.1, 0.15) is 10.7 Å². The van der Waals surface area contributed by atoms with Crippen LogP contribution in [0.15, 0.2) is 77.0 Å². The van der Waals surface area contributed by atoms with Crippen LogP contribution in [0.2, 0.25) is 5.02 Å². The smallest absolute Gasteiger partial charge is 0.258 e. The van der Waals surface area contributed by atoms with Crippen LogP contribution < -0.4 is 5.32 Å². The van der Waals surface area contributed by atoms with Gasteiger partial charge in [0.05, 0.1) is 15.5 Å². The molecule has 0 saturated heterocycles. The first-order valence-electron chi connectivity index (χ1n) is 8.95. The predicted octanol–water partition coefficient (Wildman–Crippen LogP) is 5.03. The van der Waals surface area contributed by atoms with Gasteiger partial charge in [0.25, 0.3) is 5.91 Å². The molecular formula is C22H21ClN2O3S. The Hall–Kier alpha value is -2.83. The number of halogens is 1. The van der Waals surface area contributed by atoms with Gasteiger partial charge in [-0.15, -0.1) is 6.58 Å². The Bertz CT molecular complexity index is 1180. The van der Waals surface area contributed by atoms with Crippen LogP contribution in [0.1, 0.15) is 21.6 Å². The molecular weight excluding hydrogens is 408 g/mol. The topological polar surface area (TPSA) is 68.2 Å². The van der Waals surface area contributed by atoms with E-state index in [1.807, 2.05) is 6.92 Å². The zero-order chi connectivity index (χ0) is 21.2.